The van der Waals surface area contributed by atoms with Crippen LogP contribution in [0.15, 0.2) is 12.2 Å². The van der Waals surface area contributed by atoms with E-state index in [2.05, 4.69) is 27.4 Å². The van der Waals surface area contributed by atoms with Crippen molar-refractivity contribution in [1.82, 2.24) is 0 Å². The first-order chi connectivity index (χ1) is 13.1. The van der Waals surface area contributed by atoms with Gasteiger partial charge in [-0.15, -0.1) is 0 Å². The molecule has 0 spiro atoms. The minimum Gasteiger partial charge on any atom is -0.462 e. The van der Waals surface area contributed by atoms with E-state index in [1.807, 2.05) is 0 Å². The molecule has 0 saturated carbocycles. The van der Waals surface area contributed by atoms with Gasteiger partial charge in [0.25, 0.3) is 0 Å². The molecule has 0 aromatic rings. The van der Waals surface area contributed by atoms with E-state index < -0.39 is 19.9 Å². The minimum atomic E-state index is -4.55. The summed E-state index contributed by atoms with van der Waals surface area (Å²) in [4.78, 5) is 29.8. The number of hydrogen-bond acceptors (Lipinski definition) is 4. The molecule has 1 atom stereocenters. The zero-order valence-corrected chi connectivity index (χ0v) is 19.1. The number of nitrogens with zero attached hydrogens (tertiary/aromatic N) is 1. The van der Waals surface area contributed by atoms with E-state index in [4.69, 9.17) is 9.26 Å². The molecule has 0 heterocycles. The molecule has 0 aromatic carbocycles. The molecule has 0 aliphatic heterocycles. The lowest BCUT2D eigenvalue weighted by molar-refractivity contribution is -0.928. The molecule has 0 aromatic heterocycles. The highest BCUT2D eigenvalue weighted by molar-refractivity contribution is 7.46. The lowest BCUT2D eigenvalue weighted by Gasteiger charge is -2.39. The number of phosphoric acid groups is 1. The summed E-state index contributed by atoms with van der Waals surface area (Å²) in [5, 5.41) is 0. The van der Waals surface area contributed by atoms with Crippen LogP contribution < -0.4 is 0 Å². The van der Waals surface area contributed by atoms with Crippen molar-refractivity contribution < 1.29 is 32.9 Å². The van der Waals surface area contributed by atoms with Crippen LogP contribution in [0.3, 0.4) is 0 Å². The largest absolute Gasteiger partial charge is 0.469 e. The Morgan fingerprint density at radius 3 is 1.93 bits per heavy atom. The van der Waals surface area contributed by atoms with Gasteiger partial charge in [-0.1, -0.05) is 27.4 Å². The van der Waals surface area contributed by atoms with Crippen LogP contribution in [-0.4, -0.2) is 59.1 Å². The van der Waals surface area contributed by atoms with Crippen molar-refractivity contribution in [3.05, 3.63) is 12.2 Å². The Bertz CT molecular complexity index is 488. The van der Waals surface area contributed by atoms with Crippen molar-refractivity contribution in [1.29, 1.82) is 0 Å². The Balaban J connectivity index is 4.70. The summed E-state index contributed by atoms with van der Waals surface area (Å²) in [6.45, 7) is 16.3. The summed E-state index contributed by atoms with van der Waals surface area (Å²) >= 11 is 0. The van der Waals surface area contributed by atoms with Gasteiger partial charge in [0, 0.05) is 5.57 Å². The van der Waals surface area contributed by atoms with Crippen molar-refractivity contribution in [2.45, 2.75) is 78.7 Å². The number of ether oxygens (including phenoxy) is 1. The topological polar surface area (TPSA) is 93.1 Å². The lowest BCUT2D eigenvalue weighted by Crippen LogP contribution is -2.50. The third-order valence-corrected chi connectivity index (χ3v) is 5.36. The summed E-state index contributed by atoms with van der Waals surface area (Å²) in [5.74, 6) is -0.451. The van der Waals surface area contributed by atoms with Gasteiger partial charge >= 0.3 is 13.8 Å². The van der Waals surface area contributed by atoms with Gasteiger partial charge in [0.05, 0.1) is 38.9 Å². The van der Waals surface area contributed by atoms with E-state index in [1.165, 1.54) is 0 Å². The van der Waals surface area contributed by atoms with Gasteiger partial charge in [-0.25, -0.2) is 9.36 Å². The molecule has 2 N–H and O–H groups in total. The average Bonchev–Trinajstić information content (AvgIpc) is 2.57. The normalized spacial score (nSPS) is 13.4. The second kappa shape index (κ2) is 14.3. The number of phosphoric ester groups is 1. The molecule has 0 aliphatic rings. The Morgan fingerprint density at radius 2 is 1.50 bits per heavy atom. The maximum absolute atomic E-state index is 11.4. The highest BCUT2D eigenvalue weighted by Crippen LogP contribution is 2.39. The number of rotatable bonds is 17. The van der Waals surface area contributed by atoms with E-state index in [9.17, 15) is 19.1 Å². The van der Waals surface area contributed by atoms with E-state index in [-0.39, 0.29) is 6.61 Å². The molecule has 166 valence electrons. The maximum atomic E-state index is 11.4. The van der Waals surface area contributed by atoms with E-state index in [0.29, 0.717) is 24.8 Å². The zero-order chi connectivity index (χ0) is 21.6. The molecular weight excluding hydrogens is 381 g/mol. The second-order valence-corrected chi connectivity index (χ2v) is 8.85. The monoisotopic (exact) mass is 422 g/mol. The molecule has 1 unspecified atom stereocenters. The standard InChI is InChI=1S/C20H40NO6P/c1-6-13-21(14-7-2,15-8-3)16-9-11-19(27-28(23,24)25)12-10-17-26-20(22)18(4)5/h19H,4,6-17H2,1-3,5H3,(H-,23,24,25)/p+1. The van der Waals surface area contributed by atoms with Gasteiger partial charge in [0.15, 0.2) is 0 Å². The van der Waals surface area contributed by atoms with Crippen LogP contribution in [0.1, 0.15) is 72.6 Å². The van der Waals surface area contributed by atoms with Crippen molar-refractivity contribution in [2.75, 3.05) is 32.8 Å². The lowest BCUT2D eigenvalue weighted by atomic mass is 10.1. The molecule has 0 radical (unpaired) electrons. The number of quaternary nitrogens is 1. The van der Waals surface area contributed by atoms with Crippen molar-refractivity contribution in [2.24, 2.45) is 0 Å². The molecule has 8 heteroatoms. The van der Waals surface area contributed by atoms with Crippen LogP contribution in [0.25, 0.3) is 0 Å². The molecule has 0 saturated heterocycles. The van der Waals surface area contributed by atoms with Gasteiger partial charge < -0.3 is 19.0 Å². The van der Waals surface area contributed by atoms with Crippen LogP contribution in [-0.2, 0) is 18.6 Å². The van der Waals surface area contributed by atoms with Gasteiger partial charge in [-0.3, -0.25) is 4.52 Å². The second-order valence-electron chi connectivity index (χ2n) is 7.65. The van der Waals surface area contributed by atoms with Crippen LogP contribution in [0.2, 0.25) is 0 Å². The first kappa shape index (κ1) is 27.3. The van der Waals surface area contributed by atoms with Gasteiger partial charge in [-0.2, -0.15) is 0 Å². The first-order valence-corrected chi connectivity index (χ1v) is 12.0. The number of hydrogen-bond donors (Lipinski definition) is 2. The summed E-state index contributed by atoms with van der Waals surface area (Å²) in [6.07, 6.45) is 5.17. The smallest absolute Gasteiger partial charge is 0.462 e. The third kappa shape index (κ3) is 12.7. The fourth-order valence-electron chi connectivity index (χ4n) is 3.79. The fourth-order valence-corrected chi connectivity index (χ4v) is 4.39. The molecule has 0 amide bonds. The molecule has 0 rings (SSSR count). The highest BCUT2D eigenvalue weighted by atomic mass is 31.2. The Hall–Kier alpha value is -0.720. The van der Waals surface area contributed by atoms with Crippen molar-refractivity contribution in [3.8, 4) is 0 Å². The van der Waals surface area contributed by atoms with Gasteiger partial charge in [0.2, 0.25) is 0 Å². The highest BCUT2D eigenvalue weighted by Gasteiger charge is 2.27. The first-order valence-electron chi connectivity index (χ1n) is 10.5. The maximum Gasteiger partial charge on any atom is 0.469 e. The van der Waals surface area contributed by atoms with Crippen molar-refractivity contribution >= 4 is 13.8 Å². The fraction of sp³-hybridized carbons (Fsp3) is 0.850. The quantitative estimate of drug-likeness (QED) is 0.120. The molecule has 0 bridgehead atoms. The third-order valence-electron chi connectivity index (χ3n) is 4.79. The molecular formula is C20H41NO6P+. The van der Waals surface area contributed by atoms with Crippen LogP contribution >= 0.6 is 7.82 Å². The predicted molar refractivity (Wildman–Crippen MR) is 112 cm³/mol. The Labute approximate surface area is 170 Å². The molecule has 0 fully saturated rings. The van der Waals surface area contributed by atoms with Crippen LogP contribution in [0.5, 0.6) is 0 Å². The summed E-state index contributed by atoms with van der Waals surface area (Å²) < 4.78 is 22.4. The molecule has 28 heavy (non-hydrogen) atoms. The van der Waals surface area contributed by atoms with E-state index in [0.717, 1.165) is 56.3 Å². The minimum absolute atomic E-state index is 0.189. The van der Waals surface area contributed by atoms with E-state index >= 15 is 0 Å². The number of carbonyl (C=O) groups is 1. The van der Waals surface area contributed by atoms with Gasteiger partial charge in [0.1, 0.15) is 0 Å². The van der Waals surface area contributed by atoms with Crippen LogP contribution in [0.4, 0.5) is 0 Å². The average molecular weight is 423 g/mol. The predicted octanol–water partition coefficient (Wildman–Crippen LogP) is 4.19. The Kier molecular flexibility index (Phi) is 13.9. The number of carbonyl (C=O) groups excluding carboxylic acids is 1. The van der Waals surface area contributed by atoms with Crippen LogP contribution in [0, 0.1) is 0 Å². The van der Waals surface area contributed by atoms with Gasteiger partial charge in [-0.05, 0) is 51.9 Å². The summed E-state index contributed by atoms with van der Waals surface area (Å²) in [6, 6.07) is 0. The van der Waals surface area contributed by atoms with E-state index in [1.54, 1.807) is 6.92 Å². The van der Waals surface area contributed by atoms with Crippen molar-refractivity contribution in [3.63, 3.8) is 0 Å². The summed E-state index contributed by atoms with van der Waals surface area (Å²) in [7, 11) is -4.55. The molecule has 0 aliphatic carbocycles. The SMILES string of the molecule is C=C(C)C(=O)OCCCC(CCC[N+](CCC)(CCC)CCC)OP(=O)(O)O. The molecule has 7 nitrogen and oxygen atoms in total. The Morgan fingerprint density at radius 1 is 1.00 bits per heavy atom. The number of esters is 1. The zero-order valence-electron chi connectivity index (χ0n) is 18.2. The summed E-state index contributed by atoms with van der Waals surface area (Å²) in [5.41, 5.74) is 0.333.